The van der Waals surface area contributed by atoms with Gasteiger partial charge in [0.15, 0.2) is 6.10 Å². The molecule has 0 saturated carbocycles. The molecule has 0 radical (unpaired) electrons. The monoisotopic (exact) mass is 521 g/mol. The van der Waals surface area contributed by atoms with E-state index in [1.54, 1.807) is 0 Å². The third-order valence-corrected chi connectivity index (χ3v) is 7.39. The standard InChI is InChI=1S/C31H43N3O4/c1-18(2)37-29(36)27(38-30(5,6)7)25-20(4)33-19(3)24(26(25)34-14-12-31(8,9)13-15-34)21-10-11-23-22(16-21)17-32-28(23)35/h10-11,16,18,27H,12-15,17H2,1-9H3,(H,32,35)/t27-/m0/s1. The maximum Gasteiger partial charge on any atom is 0.340 e. The highest BCUT2D eigenvalue weighted by Crippen LogP contribution is 2.45. The van der Waals surface area contributed by atoms with Crippen molar-refractivity contribution in [3.63, 3.8) is 0 Å². The van der Waals surface area contributed by atoms with Gasteiger partial charge in [-0.05, 0) is 90.0 Å². The van der Waals surface area contributed by atoms with Gasteiger partial charge in [-0.2, -0.15) is 0 Å². The molecule has 1 saturated heterocycles. The maximum atomic E-state index is 13.6. The van der Waals surface area contributed by atoms with Gasteiger partial charge in [0.25, 0.3) is 5.91 Å². The molecule has 0 spiro atoms. The minimum atomic E-state index is -0.924. The zero-order chi connectivity index (χ0) is 28.0. The lowest BCUT2D eigenvalue weighted by molar-refractivity contribution is -0.171. The Labute approximate surface area is 227 Å². The lowest BCUT2D eigenvalue weighted by Gasteiger charge is -2.41. The van der Waals surface area contributed by atoms with Crippen LogP contribution in [0.5, 0.6) is 0 Å². The van der Waals surface area contributed by atoms with Crippen LogP contribution < -0.4 is 10.2 Å². The summed E-state index contributed by atoms with van der Waals surface area (Å²) >= 11 is 0. The van der Waals surface area contributed by atoms with Gasteiger partial charge in [-0.1, -0.05) is 19.9 Å². The molecule has 1 fully saturated rings. The molecular weight excluding hydrogens is 478 g/mol. The largest absolute Gasteiger partial charge is 0.461 e. The first-order valence-corrected chi connectivity index (χ1v) is 13.7. The van der Waals surface area contributed by atoms with Crippen LogP contribution in [-0.4, -0.2) is 41.7 Å². The number of esters is 1. The summed E-state index contributed by atoms with van der Waals surface area (Å²) < 4.78 is 12.2. The van der Waals surface area contributed by atoms with Crippen molar-refractivity contribution in [2.45, 2.75) is 99.5 Å². The molecule has 7 nitrogen and oxygen atoms in total. The van der Waals surface area contributed by atoms with Crippen LogP contribution in [0.25, 0.3) is 11.1 Å². The summed E-state index contributed by atoms with van der Waals surface area (Å²) in [5, 5.41) is 2.92. The second kappa shape index (κ2) is 10.3. The molecule has 0 unspecified atom stereocenters. The van der Waals surface area contributed by atoms with Gasteiger partial charge in [-0.25, -0.2) is 4.79 Å². The summed E-state index contributed by atoms with van der Waals surface area (Å²) in [5.41, 5.74) is 6.71. The minimum absolute atomic E-state index is 0.0421. The summed E-state index contributed by atoms with van der Waals surface area (Å²) in [6.07, 6.45) is 0.881. The van der Waals surface area contributed by atoms with Crippen LogP contribution in [0.1, 0.15) is 100 Å². The first-order chi connectivity index (χ1) is 17.7. The molecule has 0 aliphatic carbocycles. The van der Waals surface area contributed by atoms with E-state index in [0.29, 0.717) is 12.1 Å². The van der Waals surface area contributed by atoms with Gasteiger partial charge in [0.1, 0.15) is 0 Å². The Morgan fingerprint density at radius 1 is 1.11 bits per heavy atom. The quantitative estimate of drug-likeness (QED) is 0.467. The number of hydrogen-bond donors (Lipinski definition) is 1. The van der Waals surface area contributed by atoms with Crippen LogP contribution in [-0.2, 0) is 20.8 Å². The SMILES string of the molecule is Cc1nc(C)c([C@H](OC(C)(C)C)C(=O)OC(C)C)c(N2CCC(C)(C)CC2)c1-c1ccc2c(c1)CNC2=O. The van der Waals surface area contributed by atoms with Crippen molar-refractivity contribution in [2.24, 2.45) is 5.41 Å². The number of ether oxygens (including phenoxy) is 2. The number of hydrogen-bond acceptors (Lipinski definition) is 6. The first kappa shape index (κ1) is 28.1. The van der Waals surface area contributed by atoms with Crippen molar-refractivity contribution in [3.05, 3.63) is 46.3 Å². The lowest BCUT2D eigenvalue weighted by Crippen LogP contribution is -2.39. The molecule has 1 atom stereocenters. The molecule has 1 aromatic carbocycles. The molecule has 7 heteroatoms. The fourth-order valence-corrected chi connectivity index (χ4v) is 5.43. The molecule has 38 heavy (non-hydrogen) atoms. The van der Waals surface area contributed by atoms with E-state index in [2.05, 4.69) is 30.1 Å². The molecule has 0 bridgehead atoms. The van der Waals surface area contributed by atoms with E-state index in [4.69, 9.17) is 14.5 Å². The third kappa shape index (κ3) is 5.88. The zero-order valence-electron chi connectivity index (χ0n) is 24.4. The van der Waals surface area contributed by atoms with Crippen LogP contribution in [0.15, 0.2) is 18.2 Å². The van der Waals surface area contributed by atoms with Gasteiger partial charge in [-0.3, -0.25) is 9.78 Å². The molecule has 3 heterocycles. The van der Waals surface area contributed by atoms with E-state index < -0.39 is 17.7 Å². The van der Waals surface area contributed by atoms with Crippen LogP contribution in [0.4, 0.5) is 5.69 Å². The molecule has 2 aliphatic heterocycles. The lowest BCUT2D eigenvalue weighted by atomic mass is 9.81. The summed E-state index contributed by atoms with van der Waals surface area (Å²) in [6, 6.07) is 5.97. The van der Waals surface area contributed by atoms with E-state index in [-0.39, 0.29) is 17.4 Å². The number of pyridine rings is 1. The van der Waals surface area contributed by atoms with Gasteiger partial charge < -0.3 is 19.7 Å². The molecule has 1 amide bonds. The van der Waals surface area contributed by atoms with Crippen LogP contribution in [0, 0.1) is 19.3 Å². The molecule has 4 rings (SSSR count). The van der Waals surface area contributed by atoms with Crippen molar-refractivity contribution in [3.8, 4) is 11.1 Å². The highest BCUT2D eigenvalue weighted by Gasteiger charge is 2.38. The van der Waals surface area contributed by atoms with E-state index in [9.17, 15) is 9.59 Å². The number of fused-ring (bicyclic) bond motifs is 1. The van der Waals surface area contributed by atoms with Crippen molar-refractivity contribution in [1.82, 2.24) is 10.3 Å². The van der Waals surface area contributed by atoms with E-state index >= 15 is 0 Å². The zero-order valence-corrected chi connectivity index (χ0v) is 24.4. The number of carbonyl (C=O) groups excluding carboxylic acids is 2. The highest BCUT2D eigenvalue weighted by molar-refractivity contribution is 5.99. The number of nitrogens with one attached hydrogen (secondary N) is 1. The Hall–Kier alpha value is -2.93. The molecular formula is C31H43N3O4. The van der Waals surface area contributed by atoms with Gasteiger partial charge >= 0.3 is 5.97 Å². The number of aryl methyl sites for hydroxylation is 2. The summed E-state index contributed by atoms with van der Waals surface area (Å²) in [4.78, 5) is 33.2. The number of amides is 1. The molecule has 1 N–H and O–H groups in total. The second-order valence-electron chi connectivity index (χ2n) is 12.7. The number of anilines is 1. The number of nitrogens with zero attached hydrogens (tertiary/aromatic N) is 2. The Balaban J connectivity index is 1.97. The first-order valence-electron chi connectivity index (χ1n) is 13.7. The Morgan fingerprint density at radius 2 is 1.76 bits per heavy atom. The van der Waals surface area contributed by atoms with Crippen molar-refractivity contribution in [1.29, 1.82) is 0 Å². The average Bonchev–Trinajstić information content (AvgIpc) is 3.16. The van der Waals surface area contributed by atoms with Gasteiger partial charge in [-0.15, -0.1) is 0 Å². The molecule has 206 valence electrons. The van der Waals surface area contributed by atoms with Crippen molar-refractivity contribution < 1.29 is 19.1 Å². The number of carbonyl (C=O) groups is 2. The molecule has 1 aromatic heterocycles. The van der Waals surface area contributed by atoms with Crippen molar-refractivity contribution >= 4 is 17.6 Å². The normalized spacial score (nSPS) is 17.8. The number of rotatable bonds is 6. The van der Waals surface area contributed by atoms with Gasteiger partial charge in [0.2, 0.25) is 0 Å². The van der Waals surface area contributed by atoms with Gasteiger partial charge in [0, 0.05) is 47.7 Å². The number of piperidine rings is 1. The summed E-state index contributed by atoms with van der Waals surface area (Å²) in [5.74, 6) is -0.448. The van der Waals surface area contributed by atoms with E-state index in [1.807, 2.05) is 60.6 Å². The minimum Gasteiger partial charge on any atom is -0.461 e. The highest BCUT2D eigenvalue weighted by atomic mass is 16.6. The average molecular weight is 522 g/mol. The maximum absolute atomic E-state index is 13.6. The Kier molecular flexibility index (Phi) is 7.63. The predicted octanol–water partition coefficient (Wildman–Crippen LogP) is 6.04. The Morgan fingerprint density at radius 3 is 2.37 bits per heavy atom. The van der Waals surface area contributed by atoms with E-state index in [0.717, 1.165) is 65.3 Å². The predicted molar refractivity (Wildman–Crippen MR) is 150 cm³/mol. The third-order valence-electron chi connectivity index (χ3n) is 7.39. The van der Waals surface area contributed by atoms with Crippen LogP contribution in [0.3, 0.4) is 0 Å². The summed E-state index contributed by atoms with van der Waals surface area (Å²) in [6.45, 7) is 20.4. The fourth-order valence-electron chi connectivity index (χ4n) is 5.43. The van der Waals surface area contributed by atoms with Crippen LogP contribution in [0.2, 0.25) is 0 Å². The topological polar surface area (TPSA) is 80.8 Å². The fraction of sp³-hybridized carbons (Fsp3) is 0.581. The number of benzene rings is 1. The summed E-state index contributed by atoms with van der Waals surface area (Å²) in [7, 11) is 0. The Bertz CT molecular complexity index is 1230. The smallest absolute Gasteiger partial charge is 0.340 e. The van der Waals surface area contributed by atoms with E-state index in [1.165, 1.54) is 0 Å². The van der Waals surface area contributed by atoms with Crippen LogP contribution >= 0.6 is 0 Å². The van der Waals surface area contributed by atoms with Crippen molar-refractivity contribution in [2.75, 3.05) is 18.0 Å². The second-order valence-corrected chi connectivity index (χ2v) is 12.7. The number of aromatic nitrogens is 1. The van der Waals surface area contributed by atoms with Gasteiger partial charge in [0.05, 0.1) is 17.4 Å². The molecule has 2 aliphatic rings. The molecule has 2 aromatic rings.